The molecular formula is C12H17N3O3. The SMILES string of the molecule is CO[C@@H]1CC[C@@H](NC(=O)c2ccnc(C)n2)[C@H]1O. The van der Waals surface area contributed by atoms with Crippen molar-refractivity contribution in [2.24, 2.45) is 0 Å². The molecule has 1 amide bonds. The minimum Gasteiger partial charge on any atom is -0.388 e. The number of methoxy groups -OCH3 is 1. The molecule has 6 heteroatoms. The first-order valence-corrected chi connectivity index (χ1v) is 5.93. The quantitative estimate of drug-likeness (QED) is 0.793. The fourth-order valence-corrected chi connectivity index (χ4v) is 2.18. The third kappa shape index (κ3) is 2.65. The summed E-state index contributed by atoms with van der Waals surface area (Å²) in [6.45, 7) is 1.72. The van der Waals surface area contributed by atoms with Crippen molar-refractivity contribution in [3.8, 4) is 0 Å². The Bertz CT molecular complexity index is 438. The van der Waals surface area contributed by atoms with Crippen LogP contribution in [0.25, 0.3) is 0 Å². The molecule has 98 valence electrons. The zero-order valence-electron chi connectivity index (χ0n) is 10.5. The molecule has 2 N–H and O–H groups in total. The third-order valence-electron chi connectivity index (χ3n) is 3.18. The molecular weight excluding hydrogens is 234 g/mol. The maximum atomic E-state index is 11.9. The number of aryl methyl sites for hydroxylation is 1. The van der Waals surface area contributed by atoms with Crippen LogP contribution in [0, 0.1) is 6.92 Å². The number of carbonyl (C=O) groups excluding carboxylic acids is 1. The highest BCUT2D eigenvalue weighted by Gasteiger charge is 2.35. The van der Waals surface area contributed by atoms with Gasteiger partial charge in [-0.1, -0.05) is 0 Å². The van der Waals surface area contributed by atoms with Gasteiger partial charge in [0.15, 0.2) is 0 Å². The number of aliphatic hydroxyl groups is 1. The van der Waals surface area contributed by atoms with Crippen LogP contribution in [0.4, 0.5) is 0 Å². The molecule has 0 spiro atoms. The lowest BCUT2D eigenvalue weighted by atomic mass is 10.2. The first-order chi connectivity index (χ1) is 8.61. The Balaban J connectivity index is 2.00. The number of aliphatic hydroxyl groups excluding tert-OH is 1. The van der Waals surface area contributed by atoms with Gasteiger partial charge in [0.1, 0.15) is 17.6 Å². The van der Waals surface area contributed by atoms with Gasteiger partial charge in [-0.2, -0.15) is 0 Å². The monoisotopic (exact) mass is 251 g/mol. The van der Waals surface area contributed by atoms with E-state index in [1.165, 1.54) is 0 Å². The van der Waals surface area contributed by atoms with Crippen LogP contribution < -0.4 is 5.32 Å². The maximum absolute atomic E-state index is 11.9. The highest BCUT2D eigenvalue weighted by Crippen LogP contribution is 2.22. The molecule has 0 unspecified atom stereocenters. The molecule has 0 radical (unpaired) electrons. The summed E-state index contributed by atoms with van der Waals surface area (Å²) in [4.78, 5) is 19.9. The van der Waals surface area contributed by atoms with Crippen LogP contribution in [0.15, 0.2) is 12.3 Å². The van der Waals surface area contributed by atoms with Gasteiger partial charge in [0.2, 0.25) is 0 Å². The molecule has 6 nitrogen and oxygen atoms in total. The second-order valence-corrected chi connectivity index (χ2v) is 4.41. The lowest BCUT2D eigenvalue weighted by molar-refractivity contribution is 0.000180. The van der Waals surface area contributed by atoms with Crippen LogP contribution in [-0.4, -0.2) is 46.3 Å². The minimum atomic E-state index is -0.665. The summed E-state index contributed by atoms with van der Waals surface area (Å²) in [5.74, 6) is 0.255. The Morgan fingerprint density at radius 2 is 2.33 bits per heavy atom. The standard InChI is InChI=1S/C12H17N3O3/c1-7-13-6-5-9(14-7)12(17)15-8-3-4-10(18-2)11(8)16/h5-6,8,10-11,16H,3-4H2,1-2H3,(H,15,17)/t8-,10-,11-/m1/s1. The van der Waals surface area contributed by atoms with E-state index in [1.807, 2.05) is 0 Å². The summed E-state index contributed by atoms with van der Waals surface area (Å²) in [6, 6.07) is 1.27. The normalized spacial score (nSPS) is 27.2. The van der Waals surface area contributed by atoms with Crippen LogP contribution in [-0.2, 0) is 4.74 Å². The Kier molecular flexibility index (Phi) is 3.88. The van der Waals surface area contributed by atoms with Crippen LogP contribution in [0.1, 0.15) is 29.2 Å². The first-order valence-electron chi connectivity index (χ1n) is 5.93. The van der Waals surface area contributed by atoms with Crippen molar-refractivity contribution < 1.29 is 14.6 Å². The minimum absolute atomic E-state index is 0.206. The Labute approximate surface area is 105 Å². The number of hydrogen-bond donors (Lipinski definition) is 2. The third-order valence-corrected chi connectivity index (χ3v) is 3.18. The lowest BCUT2D eigenvalue weighted by Gasteiger charge is -2.19. The van der Waals surface area contributed by atoms with E-state index in [-0.39, 0.29) is 18.1 Å². The van der Waals surface area contributed by atoms with E-state index in [1.54, 1.807) is 26.3 Å². The predicted molar refractivity (Wildman–Crippen MR) is 64.1 cm³/mol. The summed E-state index contributed by atoms with van der Waals surface area (Å²) >= 11 is 0. The van der Waals surface area contributed by atoms with Gasteiger partial charge in [0.25, 0.3) is 5.91 Å². The molecule has 1 fully saturated rings. The molecule has 1 aromatic heterocycles. The highest BCUT2D eigenvalue weighted by molar-refractivity contribution is 5.92. The molecule has 1 aliphatic carbocycles. The Morgan fingerprint density at radius 1 is 1.56 bits per heavy atom. The fraction of sp³-hybridized carbons (Fsp3) is 0.583. The molecule has 0 aliphatic heterocycles. The summed E-state index contributed by atoms with van der Waals surface area (Å²) in [7, 11) is 1.56. The number of aromatic nitrogens is 2. The topological polar surface area (TPSA) is 84.3 Å². The van der Waals surface area contributed by atoms with Crippen molar-refractivity contribution in [3.05, 3.63) is 23.8 Å². The van der Waals surface area contributed by atoms with Gasteiger partial charge in [-0.25, -0.2) is 9.97 Å². The summed E-state index contributed by atoms with van der Waals surface area (Å²) in [5, 5.41) is 12.7. The predicted octanol–water partition coefficient (Wildman–Crippen LogP) is 0.0531. The van der Waals surface area contributed by atoms with E-state index in [9.17, 15) is 9.90 Å². The van der Waals surface area contributed by atoms with E-state index in [2.05, 4.69) is 15.3 Å². The molecule has 0 bridgehead atoms. The van der Waals surface area contributed by atoms with Gasteiger partial charge in [-0.15, -0.1) is 0 Å². The fourth-order valence-electron chi connectivity index (χ4n) is 2.18. The van der Waals surface area contributed by atoms with Crippen molar-refractivity contribution in [1.82, 2.24) is 15.3 Å². The van der Waals surface area contributed by atoms with Gasteiger partial charge < -0.3 is 15.2 Å². The van der Waals surface area contributed by atoms with E-state index in [4.69, 9.17) is 4.74 Å². The molecule has 2 rings (SSSR count). The number of amides is 1. The van der Waals surface area contributed by atoms with Gasteiger partial charge in [0.05, 0.1) is 12.1 Å². The molecule has 0 saturated heterocycles. The summed E-state index contributed by atoms with van der Waals surface area (Å²) in [5.41, 5.74) is 0.315. The smallest absolute Gasteiger partial charge is 0.270 e. The van der Waals surface area contributed by atoms with Crippen molar-refractivity contribution in [1.29, 1.82) is 0 Å². The van der Waals surface area contributed by atoms with Crippen molar-refractivity contribution in [3.63, 3.8) is 0 Å². The maximum Gasteiger partial charge on any atom is 0.270 e. The number of rotatable bonds is 3. The molecule has 18 heavy (non-hydrogen) atoms. The number of hydrogen-bond acceptors (Lipinski definition) is 5. The van der Waals surface area contributed by atoms with E-state index < -0.39 is 6.10 Å². The summed E-state index contributed by atoms with van der Waals surface area (Å²) in [6.07, 6.45) is 2.12. The second kappa shape index (κ2) is 5.41. The molecule has 1 heterocycles. The van der Waals surface area contributed by atoms with Gasteiger partial charge >= 0.3 is 0 Å². The van der Waals surface area contributed by atoms with Gasteiger partial charge in [-0.3, -0.25) is 4.79 Å². The number of carbonyl (C=O) groups is 1. The first kappa shape index (κ1) is 12.9. The molecule has 1 saturated carbocycles. The molecule has 1 aromatic rings. The van der Waals surface area contributed by atoms with Crippen LogP contribution >= 0.6 is 0 Å². The Morgan fingerprint density at radius 3 is 2.94 bits per heavy atom. The average Bonchev–Trinajstić information content (AvgIpc) is 2.70. The van der Waals surface area contributed by atoms with Crippen LogP contribution in [0.5, 0.6) is 0 Å². The van der Waals surface area contributed by atoms with Crippen molar-refractivity contribution in [2.75, 3.05) is 7.11 Å². The van der Waals surface area contributed by atoms with E-state index in [0.717, 1.165) is 6.42 Å². The van der Waals surface area contributed by atoms with Crippen LogP contribution in [0.3, 0.4) is 0 Å². The number of ether oxygens (including phenoxy) is 1. The number of nitrogens with zero attached hydrogens (tertiary/aromatic N) is 2. The second-order valence-electron chi connectivity index (χ2n) is 4.41. The van der Waals surface area contributed by atoms with Crippen molar-refractivity contribution >= 4 is 5.91 Å². The lowest BCUT2D eigenvalue weighted by Crippen LogP contribution is -2.43. The van der Waals surface area contributed by atoms with Crippen LogP contribution in [0.2, 0.25) is 0 Å². The van der Waals surface area contributed by atoms with Crippen molar-refractivity contribution in [2.45, 2.75) is 38.0 Å². The highest BCUT2D eigenvalue weighted by atomic mass is 16.5. The zero-order valence-corrected chi connectivity index (χ0v) is 10.5. The van der Waals surface area contributed by atoms with E-state index >= 15 is 0 Å². The van der Waals surface area contributed by atoms with E-state index in [0.29, 0.717) is 17.9 Å². The van der Waals surface area contributed by atoms with Gasteiger partial charge in [-0.05, 0) is 25.8 Å². The van der Waals surface area contributed by atoms with Gasteiger partial charge in [0, 0.05) is 13.3 Å². The average molecular weight is 251 g/mol. The zero-order chi connectivity index (χ0) is 13.1. The summed E-state index contributed by atoms with van der Waals surface area (Å²) < 4.78 is 5.13. The molecule has 3 atom stereocenters. The number of nitrogens with one attached hydrogen (secondary N) is 1. The molecule has 0 aromatic carbocycles. The largest absolute Gasteiger partial charge is 0.388 e. The Hall–Kier alpha value is -1.53. The molecule has 1 aliphatic rings.